The molecule has 61 heavy (non-hydrogen) atoms. The molecule has 0 saturated carbocycles. The molecular formula is C55H106O6. The number of carbonyl (C=O) groups excluding carboxylic acids is 3. The van der Waals surface area contributed by atoms with Crippen LogP contribution in [0.3, 0.4) is 0 Å². The number of carbonyl (C=O) groups is 3. The molecule has 2 unspecified atom stereocenters. The molecule has 0 N–H and O–H groups in total. The molecule has 0 bridgehead atoms. The van der Waals surface area contributed by atoms with Gasteiger partial charge in [-0.1, -0.05) is 260 Å². The summed E-state index contributed by atoms with van der Waals surface area (Å²) >= 11 is 0. The quantitative estimate of drug-likeness (QED) is 0.0344. The number of unbranched alkanes of at least 4 members (excludes halogenated alkanes) is 29. The summed E-state index contributed by atoms with van der Waals surface area (Å²) in [6.45, 7) is 13.7. The number of ether oxygens (including phenoxy) is 3. The smallest absolute Gasteiger partial charge is 0.306 e. The maximum atomic E-state index is 12.7. The van der Waals surface area contributed by atoms with Crippen molar-refractivity contribution in [2.45, 2.75) is 304 Å². The Kier molecular flexibility index (Phi) is 45.2. The van der Waals surface area contributed by atoms with Crippen molar-refractivity contribution in [1.29, 1.82) is 0 Å². The molecule has 0 fully saturated rings. The molecule has 0 amide bonds. The van der Waals surface area contributed by atoms with E-state index in [1.807, 2.05) is 0 Å². The van der Waals surface area contributed by atoms with Gasteiger partial charge in [-0.15, -0.1) is 0 Å². The Morgan fingerprint density at radius 2 is 0.574 bits per heavy atom. The molecule has 6 nitrogen and oxygen atoms in total. The Bertz CT molecular complexity index is 949. The van der Waals surface area contributed by atoms with Crippen LogP contribution in [0, 0.1) is 17.8 Å². The molecule has 0 aromatic carbocycles. The van der Waals surface area contributed by atoms with E-state index in [-0.39, 0.29) is 31.1 Å². The Hall–Kier alpha value is -1.59. The Labute approximate surface area is 380 Å². The fourth-order valence-electron chi connectivity index (χ4n) is 8.23. The number of hydrogen-bond donors (Lipinski definition) is 0. The molecule has 3 atom stereocenters. The van der Waals surface area contributed by atoms with Crippen LogP contribution in [0.5, 0.6) is 0 Å². The highest BCUT2D eigenvalue weighted by Gasteiger charge is 2.19. The van der Waals surface area contributed by atoms with E-state index in [4.69, 9.17) is 14.2 Å². The fraction of sp³-hybridized carbons (Fsp3) is 0.945. The van der Waals surface area contributed by atoms with Crippen molar-refractivity contribution in [1.82, 2.24) is 0 Å². The van der Waals surface area contributed by atoms with Gasteiger partial charge in [-0.3, -0.25) is 14.4 Å². The molecule has 0 saturated heterocycles. The maximum Gasteiger partial charge on any atom is 0.306 e. The zero-order valence-corrected chi connectivity index (χ0v) is 42.0. The highest BCUT2D eigenvalue weighted by molar-refractivity contribution is 5.71. The molecule has 0 spiro atoms. The third-order valence-electron chi connectivity index (χ3n) is 13.1. The standard InChI is InChI=1S/C55H106O6/c1-7-50(5)42-36-30-23-19-17-15-13-11-9-10-12-14-16-18-20-25-32-38-44-53(56)59-47-52(61-55(58)46-40-34-28-27-29-35-41-49(3)4)48-60-54(57)45-39-33-26-22-21-24-31-37-43-51(6)8-2/h49-52H,7-48H2,1-6H3/t50?,51?,52-/m1/s1. The summed E-state index contributed by atoms with van der Waals surface area (Å²) in [5.74, 6) is 1.66. The van der Waals surface area contributed by atoms with E-state index < -0.39 is 6.10 Å². The van der Waals surface area contributed by atoms with Crippen molar-refractivity contribution in [3.05, 3.63) is 0 Å². The predicted molar refractivity (Wildman–Crippen MR) is 261 cm³/mol. The predicted octanol–water partition coefficient (Wildman–Crippen LogP) is 17.6. The SMILES string of the molecule is CCC(C)CCCCCCCCCCCCCCCCCCCCC(=O)OC[C@H](COC(=O)CCCCCCCCCCC(C)CC)OC(=O)CCCCCCCCC(C)C. The molecule has 0 aromatic heterocycles. The number of rotatable bonds is 48. The lowest BCUT2D eigenvalue weighted by atomic mass is 9.99. The van der Waals surface area contributed by atoms with E-state index in [1.165, 1.54) is 180 Å². The van der Waals surface area contributed by atoms with Crippen molar-refractivity contribution in [3.8, 4) is 0 Å². The summed E-state index contributed by atoms with van der Waals surface area (Å²) in [5, 5.41) is 0. The molecule has 362 valence electrons. The second kappa shape index (κ2) is 46.4. The highest BCUT2D eigenvalue weighted by atomic mass is 16.6. The van der Waals surface area contributed by atoms with Gasteiger partial charge in [-0.05, 0) is 37.0 Å². The topological polar surface area (TPSA) is 78.9 Å². The van der Waals surface area contributed by atoms with Gasteiger partial charge in [0, 0.05) is 19.3 Å². The van der Waals surface area contributed by atoms with Crippen LogP contribution in [0.4, 0.5) is 0 Å². The van der Waals surface area contributed by atoms with Crippen LogP contribution in [0.15, 0.2) is 0 Å². The molecule has 0 radical (unpaired) electrons. The van der Waals surface area contributed by atoms with Crippen LogP contribution in [-0.4, -0.2) is 37.2 Å². The molecule has 0 heterocycles. The monoisotopic (exact) mass is 863 g/mol. The summed E-state index contributed by atoms with van der Waals surface area (Å²) in [7, 11) is 0. The van der Waals surface area contributed by atoms with Crippen molar-refractivity contribution in [2.75, 3.05) is 13.2 Å². The van der Waals surface area contributed by atoms with Gasteiger partial charge in [-0.2, -0.15) is 0 Å². The van der Waals surface area contributed by atoms with Gasteiger partial charge in [-0.25, -0.2) is 0 Å². The largest absolute Gasteiger partial charge is 0.462 e. The van der Waals surface area contributed by atoms with Crippen LogP contribution in [0.25, 0.3) is 0 Å². The van der Waals surface area contributed by atoms with Gasteiger partial charge in [0.2, 0.25) is 0 Å². The minimum absolute atomic E-state index is 0.0657. The van der Waals surface area contributed by atoms with Gasteiger partial charge in [0.05, 0.1) is 0 Å². The van der Waals surface area contributed by atoms with Crippen molar-refractivity contribution >= 4 is 17.9 Å². The van der Waals surface area contributed by atoms with E-state index in [1.54, 1.807) is 0 Å². The summed E-state index contributed by atoms with van der Waals surface area (Å²) in [6.07, 6.45) is 46.8. The fourth-order valence-corrected chi connectivity index (χ4v) is 8.23. The summed E-state index contributed by atoms with van der Waals surface area (Å²) in [5.41, 5.74) is 0. The third-order valence-corrected chi connectivity index (χ3v) is 13.1. The van der Waals surface area contributed by atoms with Crippen LogP contribution >= 0.6 is 0 Å². The third kappa shape index (κ3) is 46.2. The van der Waals surface area contributed by atoms with Crippen LogP contribution < -0.4 is 0 Å². The van der Waals surface area contributed by atoms with E-state index in [2.05, 4.69) is 41.5 Å². The molecule has 0 aliphatic heterocycles. The first-order valence-corrected chi connectivity index (χ1v) is 27.2. The highest BCUT2D eigenvalue weighted by Crippen LogP contribution is 2.19. The first kappa shape index (κ1) is 59.4. The van der Waals surface area contributed by atoms with Crippen LogP contribution in [-0.2, 0) is 28.6 Å². The van der Waals surface area contributed by atoms with Gasteiger partial charge in [0.1, 0.15) is 13.2 Å². The van der Waals surface area contributed by atoms with Gasteiger partial charge in [0.15, 0.2) is 6.10 Å². The van der Waals surface area contributed by atoms with Gasteiger partial charge < -0.3 is 14.2 Å². The van der Waals surface area contributed by atoms with Crippen LogP contribution in [0.2, 0.25) is 0 Å². The lowest BCUT2D eigenvalue weighted by molar-refractivity contribution is -0.167. The summed E-state index contributed by atoms with van der Waals surface area (Å²) < 4.78 is 16.8. The second-order valence-corrected chi connectivity index (χ2v) is 19.8. The zero-order chi connectivity index (χ0) is 44.9. The summed E-state index contributed by atoms with van der Waals surface area (Å²) in [6, 6.07) is 0. The van der Waals surface area contributed by atoms with E-state index in [0.29, 0.717) is 19.3 Å². The summed E-state index contributed by atoms with van der Waals surface area (Å²) in [4.78, 5) is 37.9. The minimum Gasteiger partial charge on any atom is -0.462 e. The van der Waals surface area contributed by atoms with E-state index in [9.17, 15) is 14.4 Å². The lowest BCUT2D eigenvalue weighted by Gasteiger charge is -2.18. The Balaban J connectivity index is 4.16. The van der Waals surface area contributed by atoms with Gasteiger partial charge >= 0.3 is 17.9 Å². The minimum atomic E-state index is -0.763. The first-order chi connectivity index (χ1) is 29.7. The molecule has 0 rings (SSSR count). The van der Waals surface area contributed by atoms with Crippen LogP contribution in [0.1, 0.15) is 298 Å². The molecule has 0 aliphatic rings. The first-order valence-electron chi connectivity index (χ1n) is 27.2. The molecule has 0 aromatic rings. The van der Waals surface area contributed by atoms with Crippen molar-refractivity contribution < 1.29 is 28.6 Å². The average Bonchev–Trinajstić information content (AvgIpc) is 3.24. The molecular weight excluding hydrogens is 757 g/mol. The number of esters is 3. The Morgan fingerprint density at radius 1 is 0.328 bits per heavy atom. The van der Waals surface area contributed by atoms with E-state index in [0.717, 1.165) is 75.5 Å². The maximum absolute atomic E-state index is 12.7. The molecule has 0 aliphatic carbocycles. The Morgan fingerprint density at radius 3 is 0.852 bits per heavy atom. The van der Waals surface area contributed by atoms with Crippen molar-refractivity contribution in [2.24, 2.45) is 17.8 Å². The van der Waals surface area contributed by atoms with Crippen molar-refractivity contribution in [3.63, 3.8) is 0 Å². The lowest BCUT2D eigenvalue weighted by Crippen LogP contribution is -2.30. The second-order valence-electron chi connectivity index (χ2n) is 19.8. The van der Waals surface area contributed by atoms with Gasteiger partial charge in [0.25, 0.3) is 0 Å². The molecule has 6 heteroatoms. The zero-order valence-electron chi connectivity index (χ0n) is 42.0. The normalized spacial score (nSPS) is 13.0. The van der Waals surface area contributed by atoms with E-state index >= 15 is 0 Å². The average molecular weight is 863 g/mol. The number of hydrogen-bond acceptors (Lipinski definition) is 6.